The van der Waals surface area contributed by atoms with E-state index in [0.717, 1.165) is 18.4 Å². The number of hydrogen-bond donors (Lipinski definition) is 1. The van der Waals surface area contributed by atoms with Crippen molar-refractivity contribution in [1.29, 1.82) is 0 Å². The molecule has 0 saturated heterocycles. The van der Waals surface area contributed by atoms with Gasteiger partial charge in [0.25, 0.3) is 5.91 Å². The first-order valence-electron chi connectivity index (χ1n) is 7.81. The number of rotatable bonds is 5. The van der Waals surface area contributed by atoms with Crippen molar-refractivity contribution >= 4 is 11.7 Å². The van der Waals surface area contributed by atoms with Gasteiger partial charge in [0.2, 0.25) is 0 Å². The normalized spacial score (nSPS) is 12.0. The number of carbonyl (C=O) groups excluding carboxylic acids is 1. The third-order valence-corrected chi connectivity index (χ3v) is 3.84. The van der Waals surface area contributed by atoms with Crippen LogP contribution in [0, 0.1) is 13.8 Å². The quantitative estimate of drug-likeness (QED) is 0.911. The molecular weight excluding hydrogens is 292 g/mol. The summed E-state index contributed by atoms with van der Waals surface area (Å²) in [6.45, 7) is 7.68. The molecule has 1 N–H and O–H groups in total. The van der Waals surface area contributed by atoms with Crippen molar-refractivity contribution in [3.8, 4) is 0 Å². The van der Waals surface area contributed by atoms with Crippen LogP contribution in [0.3, 0.4) is 0 Å². The smallest absolute Gasteiger partial charge is 0.349 e. The fourth-order valence-electron chi connectivity index (χ4n) is 2.51. The predicted octanol–water partition coefficient (Wildman–Crippen LogP) is 3.81. The fourth-order valence-corrected chi connectivity index (χ4v) is 2.51. The number of aromatic nitrogens is 1. The maximum atomic E-state index is 12.4. The third-order valence-electron chi connectivity index (χ3n) is 3.84. The molecule has 0 fully saturated rings. The summed E-state index contributed by atoms with van der Waals surface area (Å²) in [6, 6.07) is 5.41. The molecule has 1 unspecified atom stereocenters. The van der Waals surface area contributed by atoms with Gasteiger partial charge in [-0.3, -0.25) is 4.79 Å². The molecule has 1 atom stereocenters. The van der Waals surface area contributed by atoms with Crippen LogP contribution in [0.25, 0.3) is 0 Å². The van der Waals surface area contributed by atoms with Crippen molar-refractivity contribution in [3.63, 3.8) is 0 Å². The molecule has 0 aromatic carbocycles. The van der Waals surface area contributed by atoms with Gasteiger partial charge in [0, 0.05) is 12.1 Å². The standard InChI is InChI=1S/C18H22N2O3/c1-5-7-11(2)14-10-13(4)15(18(22)23-14)17(21)20-16-12(3)8-6-9-19-16/h6,8-11H,5,7H2,1-4H3,(H,19,20,21). The summed E-state index contributed by atoms with van der Waals surface area (Å²) in [4.78, 5) is 28.8. The van der Waals surface area contributed by atoms with E-state index >= 15 is 0 Å². The van der Waals surface area contributed by atoms with Crippen LogP contribution in [-0.2, 0) is 0 Å². The third kappa shape index (κ3) is 3.86. The average Bonchev–Trinajstić information content (AvgIpc) is 2.49. The van der Waals surface area contributed by atoms with Gasteiger partial charge < -0.3 is 9.73 Å². The Morgan fingerprint density at radius 2 is 2.09 bits per heavy atom. The molecule has 0 spiro atoms. The minimum absolute atomic E-state index is 0.0301. The van der Waals surface area contributed by atoms with E-state index in [1.165, 1.54) is 0 Å². The lowest BCUT2D eigenvalue weighted by Crippen LogP contribution is -2.24. The van der Waals surface area contributed by atoms with Gasteiger partial charge in [0.05, 0.1) is 0 Å². The largest absolute Gasteiger partial charge is 0.427 e. The summed E-state index contributed by atoms with van der Waals surface area (Å²) in [5.41, 5.74) is 0.873. The summed E-state index contributed by atoms with van der Waals surface area (Å²) in [6.07, 6.45) is 3.53. The van der Waals surface area contributed by atoms with E-state index in [0.29, 0.717) is 17.1 Å². The molecule has 0 radical (unpaired) electrons. The molecule has 2 aromatic heterocycles. The highest BCUT2D eigenvalue weighted by Crippen LogP contribution is 2.21. The average molecular weight is 314 g/mol. The Balaban J connectivity index is 2.31. The van der Waals surface area contributed by atoms with Crippen LogP contribution in [0.1, 0.15) is 59.9 Å². The number of hydrogen-bond acceptors (Lipinski definition) is 4. The minimum Gasteiger partial charge on any atom is -0.427 e. The molecule has 0 aliphatic heterocycles. The molecule has 5 heteroatoms. The summed E-state index contributed by atoms with van der Waals surface area (Å²) in [7, 11) is 0. The van der Waals surface area contributed by atoms with Gasteiger partial charge in [-0.2, -0.15) is 0 Å². The molecule has 122 valence electrons. The van der Waals surface area contributed by atoms with Crippen LogP contribution < -0.4 is 10.9 Å². The lowest BCUT2D eigenvalue weighted by Gasteiger charge is -2.12. The van der Waals surface area contributed by atoms with Gasteiger partial charge in [-0.15, -0.1) is 0 Å². The number of anilines is 1. The van der Waals surface area contributed by atoms with Gasteiger partial charge in [-0.05, 0) is 43.5 Å². The molecule has 2 heterocycles. The predicted molar refractivity (Wildman–Crippen MR) is 90.0 cm³/mol. The molecule has 23 heavy (non-hydrogen) atoms. The molecular formula is C18H22N2O3. The Kier molecular flexibility index (Phi) is 5.32. The molecule has 5 nitrogen and oxygen atoms in total. The monoisotopic (exact) mass is 314 g/mol. The Bertz CT molecular complexity index is 765. The molecule has 0 saturated carbocycles. The summed E-state index contributed by atoms with van der Waals surface area (Å²) in [5, 5.41) is 2.67. The van der Waals surface area contributed by atoms with Crippen LogP contribution in [0.15, 0.2) is 33.6 Å². The summed E-state index contributed by atoms with van der Waals surface area (Å²) < 4.78 is 5.36. The lowest BCUT2D eigenvalue weighted by molar-refractivity contribution is 0.102. The minimum atomic E-state index is -0.603. The molecule has 2 aromatic rings. The van der Waals surface area contributed by atoms with Gasteiger partial charge in [0.15, 0.2) is 0 Å². The van der Waals surface area contributed by atoms with Crippen LogP contribution >= 0.6 is 0 Å². The molecule has 0 bridgehead atoms. The van der Waals surface area contributed by atoms with E-state index in [4.69, 9.17) is 4.42 Å². The summed E-state index contributed by atoms with van der Waals surface area (Å²) in [5.74, 6) is 0.730. The van der Waals surface area contributed by atoms with E-state index in [9.17, 15) is 9.59 Å². The molecule has 0 aliphatic carbocycles. The van der Waals surface area contributed by atoms with Crippen LogP contribution in [-0.4, -0.2) is 10.9 Å². The summed E-state index contributed by atoms with van der Waals surface area (Å²) >= 11 is 0. The number of nitrogens with zero attached hydrogens (tertiary/aromatic N) is 1. The van der Waals surface area contributed by atoms with Gasteiger partial charge in [-0.1, -0.05) is 26.3 Å². The zero-order valence-corrected chi connectivity index (χ0v) is 14.0. The van der Waals surface area contributed by atoms with Crippen LogP contribution in [0.2, 0.25) is 0 Å². The second-order valence-corrected chi connectivity index (χ2v) is 5.81. The van der Waals surface area contributed by atoms with Gasteiger partial charge in [0.1, 0.15) is 17.1 Å². The van der Waals surface area contributed by atoms with Crippen molar-refractivity contribution in [2.24, 2.45) is 0 Å². The first-order chi connectivity index (χ1) is 10.9. The molecule has 1 amide bonds. The number of aryl methyl sites for hydroxylation is 2. The maximum Gasteiger partial charge on any atom is 0.349 e. The first kappa shape index (κ1) is 16.9. The number of amides is 1. The van der Waals surface area contributed by atoms with Crippen LogP contribution in [0.5, 0.6) is 0 Å². The Morgan fingerprint density at radius 1 is 1.35 bits per heavy atom. The van der Waals surface area contributed by atoms with Crippen molar-refractivity contribution in [2.75, 3.05) is 5.32 Å². The van der Waals surface area contributed by atoms with Crippen molar-refractivity contribution in [3.05, 3.63) is 57.3 Å². The SMILES string of the molecule is CCCC(C)c1cc(C)c(C(=O)Nc2ncccc2C)c(=O)o1. The first-order valence-corrected chi connectivity index (χ1v) is 7.81. The van der Waals surface area contributed by atoms with Gasteiger partial charge >= 0.3 is 5.63 Å². The number of pyridine rings is 1. The number of nitrogens with one attached hydrogen (secondary N) is 1. The Labute approximate surface area is 135 Å². The lowest BCUT2D eigenvalue weighted by atomic mass is 10.0. The second-order valence-electron chi connectivity index (χ2n) is 5.81. The second kappa shape index (κ2) is 7.22. The van der Waals surface area contributed by atoms with Crippen LogP contribution in [0.4, 0.5) is 5.82 Å². The topological polar surface area (TPSA) is 72.2 Å². The highest BCUT2D eigenvalue weighted by atomic mass is 16.4. The zero-order valence-electron chi connectivity index (χ0n) is 14.0. The molecule has 2 rings (SSSR count). The van der Waals surface area contributed by atoms with Crippen molar-refractivity contribution in [1.82, 2.24) is 4.98 Å². The highest BCUT2D eigenvalue weighted by Gasteiger charge is 2.19. The van der Waals surface area contributed by atoms with E-state index < -0.39 is 11.5 Å². The van der Waals surface area contributed by atoms with E-state index in [1.54, 1.807) is 25.3 Å². The van der Waals surface area contributed by atoms with Crippen molar-refractivity contribution < 1.29 is 9.21 Å². The van der Waals surface area contributed by atoms with Crippen molar-refractivity contribution in [2.45, 2.75) is 46.5 Å². The van der Waals surface area contributed by atoms with E-state index in [2.05, 4.69) is 17.2 Å². The highest BCUT2D eigenvalue weighted by molar-refractivity contribution is 6.04. The fraction of sp³-hybridized carbons (Fsp3) is 0.389. The van der Waals surface area contributed by atoms with E-state index in [-0.39, 0.29) is 11.5 Å². The zero-order chi connectivity index (χ0) is 17.0. The maximum absolute atomic E-state index is 12.4. The van der Waals surface area contributed by atoms with Gasteiger partial charge in [-0.25, -0.2) is 9.78 Å². The number of carbonyl (C=O) groups is 1. The van der Waals surface area contributed by atoms with E-state index in [1.807, 2.05) is 19.9 Å². The Hall–Kier alpha value is -2.43. The Morgan fingerprint density at radius 3 is 2.70 bits per heavy atom. The molecule has 0 aliphatic rings.